The van der Waals surface area contributed by atoms with Crippen LogP contribution in [0.2, 0.25) is 0 Å². The molecule has 3 aromatic heterocycles. The van der Waals surface area contributed by atoms with Crippen molar-refractivity contribution in [1.29, 1.82) is 0 Å². The summed E-state index contributed by atoms with van der Waals surface area (Å²) >= 11 is 0. The SMILES string of the molecule is C=C(CCC)[n+]1ccccc1-c1c(CCC)ccc2c1oc1nc(C)ccc12. The first kappa shape index (κ1) is 18.4. The second-order valence-electron chi connectivity index (χ2n) is 7.41. The summed E-state index contributed by atoms with van der Waals surface area (Å²) in [5.41, 5.74) is 7.28. The van der Waals surface area contributed by atoms with E-state index in [1.807, 2.05) is 13.0 Å². The number of hydrogen-bond acceptors (Lipinski definition) is 2. The molecule has 0 saturated heterocycles. The van der Waals surface area contributed by atoms with Crippen molar-refractivity contribution in [1.82, 2.24) is 4.98 Å². The first-order chi connectivity index (χ1) is 13.6. The second-order valence-corrected chi connectivity index (χ2v) is 7.41. The van der Waals surface area contributed by atoms with Crippen molar-refractivity contribution >= 4 is 27.8 Å². The monoisotopic (exact) mass is 371 g/mol. The normalized spacial score (nSPS) is 11.4. The van der Waals surface area contributed by atoms with E-state index in [4.69, 9.17) is 4.42 Å². The lowest BCUT2D eigenvalue weighted by molar-refractivity contribution is -0.571. The smallest absolute Gasteiger partial charge is 0.227 e. The summed E-state index contributed by atoms with van der Waals surface area (Å²) in [4.78, 5) is 4.62. The highest BCUT2D eigenvalue weighted by molar-refractivity contribution is 6.08. The van der Waals surface area contributed by atoms with Gasteiger partial charge in [0.2, 0.25) is 11.4 Å². The molecule has 3 nitrogen and oxygen atoms in total. The molecule has 0 aliphatic rings. The van der Waals surface area contributed by atoms with Gasteiger partial charge in [-0.25, -0.2) is 4.98 Å². The largest absolute Gasteiger partial charge is 0.437 e. The highest BCUT2D eigenvalue weighted by Gasteiger charge is 2.24. The maximum atomic E-state index is 6.35. The van der Waals surface area contributed by atoms with E-state index in [9.17, 15) is 0 Å². The third-order valence-corrected chi connectivity index (χ3v) is 5.25. The van der Waals surface area contributed by atoms with Gasteiger partial charge in [0.15, 0.2) is 17.5 Å². The van der Waals surface area contributed by atoms with Crippen molar-refractivity contribution in [2.45, 2.75) is 46.5 Å². The molecule has 1 aromatic carbocycles. The molecule has 3 heteroatoms. The van der Waals surface area contributed by atoms with Gasteiger partial charge in [-0.2, -0.15) is 4.57 Å². The summed E-state index contributed by atoms with van der Waals surface area (Å²) < 4.78 is 8.56. The first-order valence-electron chi connectivity index (χ1n) is 10.1. The lowest BCUT2D eigenvalue weighted by atomic mass is 9.96. The number of fused-ring (bicyclic) bond motifs is 3. The van der Waals surface area contributed by atoms with Gasteiger partial charge in [0.05, 0.1) is 5.56 Å². The second kappa shape index (κ2) is 7.59. The molecule has 0 saturated carbocycles. The number of allylic oxidation sites excluding steroid dienone is 1. The van der Waals surface area contributed by atoms with Crippen LogP contribution in [0.25, 0.3) is 39.0 Å². The number of benzene rings is 1. The van der Waals surface area contributed by atoms with Crippen molar-refractivity contribution in [2.24, 2.45) is 0 Å². The Bertz CT molecular complexity index is 1170. The first-order valence-corrected chi connectivity index (χ1v) is 10.1. The number of aryl methyl sites for hydroxylation is 2. The van der Waals surface area contributed by atoms with Crippen molar-refractivity contribution in [3.63, 3.8) is 0 Å². The summed E-state index contributed by atoms with van der Waals surface area (Å²) in [5, 5.41) is 2.19. The van der Waals surface area contributed by atoms with Crippen LogP contribution in [0, 0.1) is 6.92 Å². The molecule has 0 fully saturated rings. The standard InChI is InChI=1S/C25H27N2O/c1-5-9-18(4)27-16-8-7-11-22(27)23-19(10-6-2)13-15-20-21-14-12-17(3)26-25(21)28-24(20)23/h7-8,11-16H,4-6,9-10H2,1-3H3/q+1. The zero-order valence-corrected chi connectivity index (χ0v) is 17.0. The van der Waals surface area contributed by atoms with Gasteiger partial charge in [-0.05, 0) is 50.1 Å². The number of pyridine rings is 2. The Morgan fingerprint density at radius 1 is 1.04 bits per heavy atom. The zero-order chi connectivity index (χ0) is 19.7. The number of furan rings is 1. The van der Waals surface area contributed by atoms with Gasteiger partial charge >= 0.3 is 0 Å². The van der Waals surface area contributed by atoms with Crippen LogP contribution >= 0.6 is 0 Å². The van der Waals surface area contributed by atoms with Crippen LogP contribution in [-0.2, 0) is 6.42 Å². The van der Waals surface area contributed by atoms with Crippen molar-refractivity contribution in [2.75, 3.05) is 0 Å². The summed E-state index contributed by atoms with van der Waals surface area (Å²) in [6, 6.07) is 14.9. The molecule has 4 rings (SSSR count). The molecule has 0 N–H and O–H groups in total. The third kappa shape index (κ3) is 3.11. The Morgan fingerprint density at radius 3 is 2.64 bits per heavy atom. The maximum Gasteiger partial charge on any atom is 0.227 e. The van der Waals surface area contributed by atoms with Crippen LogP contribution in [0.5, 0.6) is 0 Å². The van der Waals surface area contributed by atoms with Gasteiger partial charge in [-0.1, -0.05) is 32.4 Å². The molecule has 4 aromatic rings. The van der Waals surface area contributed by atoms with Crippen molar-refractivity contribution in [3.8, 4) is 11.3 Å². The number of rotatable bonds is 6. The number of hydrogen-bond donors (Lipinski definition) is 0. The molecule has 0 aliphatic carbocycles. The average Bonchev–Trinajstić information content (AvgIpc) is 3.05. The van der Waals surface area contributed by atoms with E-state index in [0.717, 1.165) is 64.7 Å². The molecular formula is C25H27N2O+. The zero-order valence-electron chi connectivity index (χ0n) is 17.0. The van der Waals surface area contributed by atoms with Gasteiger partial charge in [-0.15, -0.1) is 0 Å². The maximum absolute atomic E-state index is 6.35. The Morgan fingerprint density at radius 2 is 1.86 bits per heavy atom. The molecule has 3 heterocycles. The molecule has 0 amide bonds. The lowest BCUT2D eigenvalue weighted by Gasteiger charge is -2.10. The van der Waals surface area contributed by atoms with E-state index in [1.54, 1.807) is 0 Å². The van der Waals surface area contributed by atoms with Crippen LogP contribution in [-0.4, -0.2) is 4.98 Å². The molecule has 28 heavy (non-hydrogen) atoms. The van der Waals surface area contributed by atoms with Crippen LogP contribution in [0.15, 0.2) is 59.7 Å². The van der Waals surface area contributed by atoms with Gasteiger partial charge in [-0.3, -0.25) is 0 Å². The van der Waals surface area contributed by atoms with Gasteiger partial charge in [0.25, 0.3) is 0 Å². The Hall–Kier alpha value is -2.94. The highest BCUT2D eigenvalue weighted by atomic mass is 16.3. The highest BCUT2D eigenvalue weighted by Crippen LogP contribution is 2.37. The Kier molecular flexibility index (Phi) is 4.99. The third-order valence-electron chi connectivity index (χ3n) is 5.25. The van der Waals surface area contributed by atoms with Crippen LogP contribution < -0.4 is 4.57 Å². The van der Waals surface area contributed by atoms with E-state index in [0.29, 0.717) is 5.71 Å². The minimum atomic E-state index is 0.708. The summed E-state index contributed by atoms with van der Waals surface area (Å²) in [6.45, 7) is 10.7. The summed E-state index contributed by atoms with van der Waals surface area (Å²) in [7, 11) is 0. The molecule has 0 radical (unpaired) electrons. The fourth-order valence-corrected chi connectivity index (χ4v) is 3.94. The molecular weight excluding hydrogens is 344 g/mol. The quantitative estimate of drug-likeness (QED) is 0.364. The van der Waals surface area contributed by atoms with E-state index >= 15 is 0 Å². The van der Waals surface area contributed by atoms with Crippen LogP contribution in [0.3, 0.4) is 0 Å². The predicted octanol–water partition coefficient (Wildman–Crippen LogP) is 6.47. The molecule has 0 bridgehead atoms. The fourth-order valence-electron chi connectivity index (χ4n) is 3.94. The van der Waals surface area contributed by atoms with Crippen LogP contribution in [0.1, 0.15) is 44.4 Å². The van der Waals surface area contributed by atoms with E-state index in [2.05, 4.69) is 72.6 Å². The summed E-state index contributed by atoms with van der Waals surface area (Å²) in [6.07, 6.45) is 6.22. The number of aromatic nitrogens is 2. The average molecular weight is 372 g/mol. The van der Waals surface area contributed by atoms with Crippen molar-refractivity contribution in [3.05, 3.63) is 66.5 Å². The Balaban J connectivity index is 2.06. The molecule has 142 valence electrons. The minimum absolute atomic E-state index is 0.708. The molecule has 0 unspecified atom stereocenters. The summed E-state index contributed by atoms with van der Waals surface area (Å²) in [5.74, 6) is 0. The van der Waals surface area contributed by atoms with Crippen LogP contribution in [0.4, 0.5) is 0 Å². The molecule has 0 aliphatic heterocycles. The van der Waals surface area contributed by atoms with E-state index in [1.165, 1.54) is 5.56 Å². The van der Waals surface area contributed by atoms with Gasteiger partial charge < -0.3 is 4.42 Å². The molecule has 0 atom stereocenters. The minimum Gasteiger partial charge on any atom is -0.437 e. The van der Waals surface area contributed by atoms with Crippen molar-refractivity contribution < 1.29 is 8.98 Å². The Labute approximate surface area is 166 Å². The fraction of sp³-hybridized carbons (Fsp3) is 0.280. The van der Waals surface area contributed by atoms with Gasteiger partial charge in [0, 0.05) is 35.0 Å². The van der Waals surface area contributed by atoms with E-state index in [-0.39, 0.29) is 0 Å². The van der Waals surface area contributed by atoms with Gasteiger partial charge in [0.1, 0.15) is 0 Å². The number of nitrogens with zero attached hydrogens (tertiary/aromatic N) is 2. The molecule has 0 spiro atoms. The topological polar surface area (TPSA) is 29.9 Å². The predicted molar refractivity (Wildman–Crippen MR) is 116 cm³/mol. The lowest BCUT2D eigenvalue weighted by Crippen LogP contribution is -2.34. The van der Waals surface area contributed by atoms with E-state index < -0.39 is 0 Å².